The number of aliphatic hydroxyl groups is 1. The van der Waals surface area contributed by atoms with Crippen molar-refractivity contribution in [2.24, 2.45) is 0 Å². The molecule has 0 unspecified atom stereocenters. The van der Waals surface area contributed by atoms with Gasteiger partial charge in [-0.3, -0.25) is 4.79 Å². The van der Waals surface area contributed by atoms with Crippen LogP contribution in [0, 0.1) is 0 Å². The lowest BCUT2D eigenvalue weighted by molar-refractivity contribution is -0.121. The molecule has 2 aromatic rings. The first-order valence-electron chi connectivity index (χ1n) is 11.1. The highest BCUT2D eigenvalue weighted by atomic mass is 35.5. The number of alkyl halides is 2. The number of rotatable bonds is 9. The topological polar surface area (TPSA) is 49.3 Å². The summed E-state index contributed by atoms with van der Waals surface area (Å²) in [6, 6.07) is 16.0. The summed E-state index contributed by atoms with van der Waals surface area (Å²) in [5, 5.41) is 13.3. The van der Waals surface area contributed by atoms with Crippen molar-refractivity contribution in [3.05, 3.63) is 70.8 Å². The largest absolute Gasteiger partial charge is 0.385 e. The third-order valence-electron chi connectivity index (χ3n) is 6.10. The summed E-state index contributed by atoms with van der Waals surface area (Å²) in [5.41, 5.74) is 3.38. The number of nitrogens with one attached hydrogen (secondary N) is 1. The highest BCUT2D eigenvalue weighted by Gasteiger charge is 2.29. The Kier molecular flexibility index (Phi) is 11.6. The van der Waals surface area contributed by atoms with E-state index in [4.69, 9.17) is 23.2 Å². The Morgan fingerprint density at radius 3 is 1.45 bits per heavy atom. The maximum atomic E-state index is 11.3. The Morgan fingerprint density at radius 2 is 1.16 bits per heavy atom. The Labute approximate surface area is 198 Å². The van der Waals surface area contributed by atoms with Gasteiger partial charge in [0, 0.05) is 18.7 Å². The van der Waals surface area contributed by atoms with Gasteiger partial charge in [0.25, 0.3) is 0 Å². The van der Waals surface area contributed by atoms with Gasteiger partial charge >= 0.3 is 0 Å². The van der Waals surface area contributed by atoms with E-state index in [1.165, 1.54) is 0 Å². The molecule has 31 heavy (non-hydrogen) atoms. The molecular formula is C26H37Cl2NO2. The minimum absolute atomic E-state index is 0.00937. The number of amides is 1. The van der Waals surface area contributed by atoms with Crippen molar-refractivity contribution in [2.45, 2.75) is 83.2 Å². The Bertz CT molecular complexity index is 780. The van der Waals surface area contributed by atoms with Gasteiger partial charge in [-0.2, -0.15) is 0 Å². The number of carbonyl (C=O) groups excluding carboxylic acids is 1. The van der Waals surface area contributed by atoms with Gasteiger partial charge in [0.2, 0.25) is 5.91 Å². The molecule has 2 N–H and O–H groups in total. The fourth-order valence-corrected chi connectivity index (χ4v) is 4.08. The lowest BCUT2D eigenvalue weighted by Gasteiger charge is -2.33. The number of halogens is 2. The normalized spacial score (nSPS) is 11.5. The molecule has 3 nitrogen and oxygen atoms in total. The van der Waals surface area contributed by atoms with E-state index < -0.39 is 5.60 Å². The highest BCUT2D eigenvalue weighted by molar-refractivity contribution is 6.17. The molecule has 0 aliphatic carbocycles. The third kappa shape index (κ3) is 7.52. The second-order valence-corrected chi connectivity index (χ2v) is 8.40. The molecule has 0 bridgehead atoms. The molecule has 0 aromatic heterocycles. The fourth-order valence-electron chi connectivity index (χ4n) is 3.72. The summed E-state index contributed by atoms with van der Waals surface area (Å²) in [4.78, 5) is 11.3. The molecule has 0 aliphatic heterocycles. The molecule has 0 radical (unpaired) electrons. The van der Waals surface area contributed by atoms with Crippen LogP contribution in [-0.4, -0.2) is 11.0 Å². The minimum atomic E-state index is -0.676. The van der Waals surface area contributed by atoms with Crippen molar-refractivity contribution in [2.75, 3.05) is 0 Å². The predicted octanol–water partition coefficient (Wildman–Crippen LogP) is 7.01. The zero-order chi connectivity index (χ0) is 23.5. The van der Waals surface area contributed by atoms with Crippen molar-refractivity contribution in [1.29, 1.82) is 0 Å². The van der Waals surface area contributed by atoms with E-state index in [-0.39, 0.29) is 11.4 Å². The summed E-state index contributed by atoms with van der Waals surface area (Å²) in [6.07, 6.45) is 3.24. The minimum Gasteiger partial charge on any atom is -0.385 e. The lowest BCUT2D eigenvalue weighted by Crippen LogP contribution is -2.44. The molecule has 172 valence electrons. The second kappa shape index (κ2) is 13.1. The molecule has 0 atom stereocenters. The second-order valence-electron chi connectivity index (χ2n) is 7.87. The Balaban J connectivity index is 0.000000316. The van der Waals surface area contributed by atoms with E-state index in [1.807, 2.05) is 50.2 Å². The molecule has 2 aromatic carbocycles. The maximum absolute atomic E-state index is 11.3. The van der Waals surface area contributed by atoms with Gasteiger partial charge in [-0.05, 0) is 47.9 Å². The van der Waals surface area contributed by atoms with Gasteiger partial charge in [-0.1, -0.05) is 76.2 Å². The average molecular weight is 466 g/mol. The molecule has 0 aliphatic rings. The van der Waals surface area contributed by atoms with Crippen LogP contribution in [0.5, 0.6) is 0 Å². The fraction of sp³-hybridized carbons (Fsp3) is 0.500. The zero-order valence-electron chi connectivity index (χ0n) is 19.5. The maximum Gasteiger partial charge on any atom is 0.217 e. The number of carbonyl (C=O) groups is 1. The van der Waals surface area contributed by atoms with Crippen LogP contribution >= 0.6 is 23.2 Å². The number of hydrogen-bond donors (Lipinski definition) is 2. The van der Waals surface area contributed by atoms with Crippen LogP contribution in [-0.2, 0) is 27.7 Å². The van der Waals surface area contributed by atoms with Gasteiger partial charge in [-0.25, -0.2) is 0 Å². The van der Waals surface area contributed by atoms with Crippen LogP contribution in [0.4, 0.5) is 0 Å². The van der Waals surface area contributed by atoms with E-state index in [2.05, 4.69) is 31.3 Å². The van der Waals surface area contributed by atoms with Crippen LogP contribution in [0.1, 0.15) is 82.6 Å². The molecule has 2 rings (SSSR count). The highest BCUT2D eigenvalue weighted by Crippen LogP contribution is 2.29. The molecule has 0 heterocycles. The van der Waals surface area contributed by atoms with E-state index in [0.29, 0.717) is 11.8 Å². The number of hydrogen-bond acceptors (Lipinski definition) is 2. The van der Waals surface area contributed by atoms with Gasteiger partial charge in [0.1, 0.15) is 0 Å². The summed E-state index contributed by atoms with van der Waals surface area (Å²) in [6.45, 7) is 9.74. The van der Waals surface area contributed by atoms with Crippen LogP contribution in [0.2, 0.25) is 0 Å². The first-order valence-corrected chi connectivity index (χ1v) is 12.1. The Morgan fingerprint density at radius 1 is 0.774 bits per heavy atom. The van der Waals surface area contributed by atoms with Gasteiger partial charge in [0.15, 0.2) is 0 Å². The Hall–Kier alpha value is -1.55. The first-order chi connectivity index (χ1) is 14.7. The standard InChI is InChI=1S/C14H20ClNO.C12H17ClO/c1-4-14(5-2,16-11(3)17)13-8-6-12(10-15)7-9-13;1-3-12(14,4-2)11-7-5-10(9-13)6-8-11/h6-9H,4-5,10H2,1-3H3,(H,16,17);5-8,14H,3-4,9H2,1-2H3. The first kappa shape index (κ1) is 27.5. The van der Waals surface area contributed by atoms with Crippen LogP contribution in [0.3, 0.4) is 0 Å². The van der Waals surface area contributed by atoms with Crippen molar-refractivity contribution < 1.29 is 9.90 Å². The van der Waals surface area contributed by atoms with Gasteiger partial charge in [-0.15, -0.1) is 23.2 Å². The van der Waals surface area contributed by atoms with Crippen molar-refractivity contribution in [3.63, 3.8) is 0 Å². The number of benzene rings is 2. The molecule has 0 saturated heterocycles. The summed E-state index contributed by atoms with van der Waals surface area (Å²) in [7, 11) is 0. The van der Waals surface area contributed by atoms with Crippen molar-refractivity contribution in [1.82, 2.24) is 5.32 Å². The molecule has 1 amide bonds. The van der Waals surface area contributed by atoms with E-state index in [1.54, 1.807) is 6.92 Å². The van der Waals surface area contributed by atoms with Crippen molar-refractivity contribution >= 4 is 29.1 Å². The summed E-state index contributed by atoms with van der Waals surface area (Å²) in [5.74, 6) is 1.05. The van der Waals surface area contributed by atoms with Crippen LogP contribution in [0.25, 0.3) is 0 Å². The van der Waals surface area contributed by atoms with Crippen molar-refractivity contribution in [3.8, 4) is 0 Å². The smallest absolute Gasteiger partial charge is 0.217 e. The van der Waals surface area contributed by atoms with Gasteiger partial charge < -0.3 is 10.4 Å². The third-order valence-corrected chi connectivity index (χ3v) is 6.72. The SMILES string of the molecule is CCC(CC)(NC(C)=O)c1ccc(CCl)cc1.CCC(O)(CC)c1ccc(CCl)cc1. The van der Waals surface area contributed by atoms with E-state index in [9.17, 15) is 9.90 Å². The molecule has 0 spiro atoms. The van der Waals surface area contributed by atoms with E-state index in [0.717, 1.165) is 47.9 Å². The van der Waals surface area contributed by atoms with Crippen LogP contribution in [0.15, 0.2) is 48.5 Å². The molecule has 0 fully saturated rings. The summed E-state index contributed by atoms with van der Waals surface area (Å²) >= 11 is 11.5. The predicted molar refractivity (Wildman–Crippen MR) is 133 cm³/mol. The van der Waals surface area contributed by atoms with E-state index >= 15 is 0 Å². The monoisotopic (exact) mass is 465 g/mol. The van der Waals surface area contributed by atoms with Gasteiger partial charge in [0.05, 0.1) is 11.1 Å². The molecular weight excluding hydrogens is 429 g/mol. The average Bonchev–Trinajstić information content (AvgIpc) is 2.82. The summed E-state index contributed by atoms with van der Waals surface area (Å²) < 4.78 is 0. The molecule has 0 saturated carbocycles. The zero-order valence-corrected chi connectivity index (χ0v) is 21.0. The molecule has 5 heteroatoms. The quantitative estimate of drug-likeness (QED) is 0.391. The van der Waals surface area contributed by atoms with Crippen LogP contribution < -0.4 is 5.32 Å². The lowest BCUT2D eigenvalue weighted by atomic mass is 9.84.